The van der Waals surface area contributed by atoms with Gasteiger partial charge >= 0.3 is 0 Å². The Labute approximate surface area is 175 Å². The number of methoxy groups -OCH3 is 1. The van der Waals surface area contributed by atoms with Gasteiger partial charge in [0.1, 0.15) is 5.75 Å². The molecule has 0 spiro atoms. The second-order valence-corrected chi connectivity index (χ2v) is 8.18. The van der Waals surface area contributed by atoms with Crippen LogP contribution in [0.5, 0.6) is 5.75 Å². The molecule has 0 fully saturated rings. The summed E-state index contributed by atoms with van der Waals surface area (Å²) in [7, 11) is 1.66. The van der Waals surface area contributed by atoms with Crippen molar-refractivity contribution in [3.63, 3.8) is 0 Å². The summed E-state index contributed by atoms with van der Waals surface area (Å²) in [6.45, 7) is 12.8. The second-order valence-electron chi connectivity index (χ2n) is 8.18. The largest absolute Gasteiger partial charge is 0.497 e. The molecule has 2 unspecified atom stereocenters. The molecule has 2 aromatic rings. The number of anilines is 1. The molecule has 1 heterocycles. The van der Waals surface area contributed by atoms with E-state index in [0.29, 0.717) is 25.0 Å². The third-order valence-corrected chi connectivity index (χ3v) is 4.93. The van der Waals surface area contributed by atoms with Crippen LogP contribution in [0.1, 0.15) is 41.0 Å². The molecule has 5 nitrogen and oxygen atoms in total. The van der Waals surface area contributed by atoms with Crippen LogP contribution in [0.4, 0.5) is 5.69 Å². The zero-order valence-electron chi connectivity index (χ0n) is 18.0. The van der Waals surface area contributed by atoms with Crippen LogP contribution < -0.4 is 10.1 Å². The van der Waals surface area contributed by atoms with E-state index in [1.807, 2.05) is 31.2 Å². The fourth-order valence-corrected chi connectivity index (χ4v) is 3.32. The number of aromatic nitrogens is 1. The lowest BCUT2D eigenvalue weighted by Crippen LogP contribution is -2.49. The van der Waals surface area contributed by atoms with Crippen molar-refractivity contribution in [1.82, 2.24) is 9.88 Å². The van der Waals surface area contributed by atoms with Gasteiger partial charge in [-0.15, -0.1) is 12.4 Å². The minimum Gasteiger partial charge on any atom is -0.497 e. The number of nitrogens with one attached hydrogen (secondary N) is 1. The Morgan fingerprint density at radius 2 is 2.00 bits per heavy atom. The monoisotopic (exact) mass is 409 g/mol. The number of hydrogen-bond acceptors (Lipinski definition) is 5. The molecule has 28 heavy (non-hydrogen) atoms. The van der Waals surface area contributed by atoms with Crippen molar-refractivity contribution in [2.45, 2.75) is 52.7 Å². The molecule has 2 N–H and O–H groups in total. The van der Waals surface area contributed by atoms with E-state index >= 15 is 0 Å². The summed E-state index contributed by atoms with van der Waals surface area (Å²) < 4.78 is 5.41. The van der Waals surface area contributed by atoms with Crippen LogP contribution in [0.3, 0.4) is 0 Å². The van der Waals surface area contributed by atoms with Gasteiger partial charge in [0.2, 0.25) is 0 Å². The number of halogens is 1. The normalized spacial score (nSPS) is 14.6. The minimum atomic E-state index is -0.859. The maximum Gasteiger partial charge on any atom is 0.121 e. The van der Waals surface area contributed by atoms with E-state index in [0.717, 1.165) is 35.3 Å². The first-order valence-electron chi connectivity index (χ1n) is 9.88. The van der Waals surface area contributed by atoms with Gasteiger partial charge in [-0.2, -0.15) is 0 Å². The standard InChI is InChI=1S/C22H35N3O2.ClH/c1-7-17(4)25(13-16(2)3)15-22(5,26)14-24-20-12-19(27-6)11-18-9-8-10-23-21(18)20;/h8-12,16-17,24,26H,7,13-15H2,1-6H3;1H. The number of rotatable bonds is 10. The van der Waals surface area contributed by atoms with Gasteiger partial charge in [-0.3, -0.25) is 9.88 Å². The Morgan fingerprint density at radius 3 is 2.61 bits per heavy atom. The van der Waals surface area contributed by atoms with E-state index in [4.69, 9.17) is 4.74 Å². The van der Waals surface area contributed by atoms with Crippen LogP contribution in [-0.4, -0.2) is 53.4 Å². The molecule has 1 aromatic carbocycles. The lowest BCUT2D eigenvalue weighted by atomic mass is 10.0. The van der Waals surface area contributed by atoms with Crippen molar-refractivity contribution in [3.8, 4) is 5.75 Å². The van der Waals surface area contributed by atoms with Gasteiger partial charge in [0.25, 0.3) is 0 Å². The maximum atomic E-state index is 11.0. The van der Waals surface area contributed by atoms with Crippen LogP contribution in [0.25, 0.3) is 10.9 Å². The van der Waals surface area contributed by atoms with E-state index in [2.05, 4.69) is 42.9 Å². The van der Waals surface area contributed by atoms with Crippen molar-refractivity contribution in [3.05, 3.63) is 30.5 Å². The molecule has 6 heteroatoms. The number of nitrogens with zero attached hydrogens (tertiary/aromatic N) is 2. The Kier molecular flexibility index (Phi) is 9.48. The van der Waals surface area contributed by atoms with Crippen molar-refractivity contribution in [2.24, 2.45) is 5.92 Å². The SMILES string of the molecule is CCC(C)N(CC(C)C)CC(C)(O)CNc1cc(OC)cc2cccnc12.Cl. The van der Waals surface area contributed by atoms with E-state index in [1.54, 1.807) is 13.3 Å². The predicted octanol–water partition coefficient (Wildman–Crippen LogP) is 4.58. The molecule has 0 aliphatic heterocycles. The number of fused-ring (bicyclic) bond motifs is 1. The van der Waals surface area contributed by atoms with Crippen LogP contribution in [-0.2, 0) is 0 Å². The summed E-state index contributed by atoms with van der Waals surface area (Å²) in [5, 5.41) is 15.5. The maximum absolute atomic E-state index is 11.0. The van der Waals surface area contributed by atoms with E-state index in [9.17, 15) is 5.11 Å². The lowest BCUT2D eigenvalue weighted by molar-refractivity contribution is 0.0137. The highest BCUT2D eigenvalue weighted by Gasteiger charge is 2.27. The Balaban J connectivity index is 0.00000392. The van der Waals surface area contributed by atoms with E-state index in [-0.39, 0.29) is 12.4 Å². The fraction of sp³-hybridized carbons (Fsp3) is 0.591. The van der Waals surface area contributed by atoms with Crippen LogP contribution in [0, 0.1) is 5.92 Å². The van der Waals surface area contributed by atoms with Gasteiger partial charge in [0, 0.05) is 43.3 Å². The predicted molar refractivity (Wildman–Crippen MR) is 121 cm³/mol. The summed E-state index contributed by atoms with van der Waals surface area (Å²) in [6.07, 6.45) is 2.85. The van der Waals surface area contributed by atoms with Crippen LogP contribution in [0.15, 0.2) is 30.5 Å². The highest BCUT2D eigenvalue weighted by Crippen LogP contribution is 2.28. The molecule has 0 radical (unpaired) electrons. The number of ether oxygens (including phenoxy) is 1. The minimum absolute atomic E-state index is 0. The van der Waals surface area contributed by atoms with E-state index in [1.165, 1.54) is 0 Å². The molecule has 1 aromatic heterocycles. The van der Waals surface area contributed by atoms with Gasteiger partial charge in [-0.05, 0) is 38.3 Å². The van der Waals surface area contributed by atoms with Crippen LogP contribution >= 0.6 is 12.4 Å². The third kappa shape index (κ3) is 6.80. The van der Waals surface area contributed by atoms with Crippen molar-refractivity contribution >= 4 is 29.0 Å². The number of pyridine rings is 1. The lowest BCUT2D eigenvalue weighted by Gasteiger charge is -2.36. The first-order chi connectivity index (χ1) is 12.8. The number of aliphatic hydroxyl groups is 1. The zero-order chi connectivity index (χ0) is 20.0. The number of benzene rings is 1. The van der Waals surface area contributed by atoms with Gasteiger partial charge < -0.3 is 15.2 Å². The quantitative estimate of drug-likeness (QED) is 0.601. The highest BCUT2D eigenvalue weighted by atomic mass is 35.5. The molecule has 0 aliphatic carbocycles. The zero-order valence-corrected chi connectivity index (χ0v) is 18.8. The highest BCUT2D eigenvalue weighted by molar-refractivity contribution is 5.91. The summed E-state index contributed by atoms with van der Waals surface area (Å²) in [5.74, 6) is 1.34. The summed E-state index contributed by atoms with van der Waals surface area (Å²) in [6, 6.07) is 8.28. The number of hydrogen-bond donors (Lipinski definition) is 2. The topological polar surface area (TPSA) is 57.6 Å². The summed E-state index contributed by atoms with van der Waals surface area (Å²) in [4.78, 5) is 6.87. The third-order valence-electron chi connectivity index (χ3n) is 4.93. The van der Waals surface area contributed by atoms with Gasteiger partial charge in [-0.1, -0.05) is 26.8 Å². The van der Waals surface area contributed by atoms with Gasteiger partial charge in [-0.25, -0.2) is 0 Å². The Hall–Kier alpha value is -1.56. The molecule has 2 atom stereocenters. The fourth-order valence-electron chi connectivity index (χ4n) is 3.32. The second kappa shape index (κ2) is 10.8. The summed E-state index contributed by atoms with van der Waals surface area (Å²) >= 11 is 0. The molecule has 0 saturated heterocycles. The molecule has 158 valence electrons. The molecule has 2 rings (SSSR count). The smallest absolute Gasteiger partial charge is 0.121 e. The molecule has 0 aliphatic rings. The molecular formula is C22H36ClN3O2. The first-order valence-corrected chi connectivity index (χ1v) is 9.88. The van der Waals surface area contributed by atoms with Gasteiger partial charge in [0.15, 0.2) is 0 Å². The average Bonchev–Trinajstić information content (AvgIpc) is 2.64. The van der Waals surface area contributed by atoms with Crippen LogP contribution in [0.2, 0.25) is 0 Å². The molecule has 0 bridgehead atoms. The average molecular weight is 410 g/mol. The van der Waals surface area contributed by atoms with Crippen molar-refractivity contribution in [2.75, 3.05) is 32.1 Å². The first kappa shape index (κ1) is 24.5. The van der Waals surface area contributed by atoms with Crippen molar-refractivity contribution < 1.29 is 9.84 Å². The van der Waals surface area contributed by atoms with Crippen molar-refractivity contribution in [1.29, 1.82) is 0 Å². The van der Waals surface area contributed by atoms with E-state index < -0.39 is 5.60 Å². The molecule has 0 saturated carbocycles. The van der Waals surface area contributed by atoms with Gasteiger partial charge in [0.05, 0.1) is 23.9 Å². The summed E-state index contributed by atoms with van der Waals surface area (Å²) in [5.41, 5.74) is 0.905. The Bertz CT molecular complexity index is 737. The molecular weight excluding hydrogens is 374 g/mol. The Morgan fingerprint density at radius 1 is 1.29 bits per heavy atom. The molecule has 0 amide bonds.